The summed E-state index contributed by atoms with van der Waals surface area (Å²) in [4.78, 5) is 0. The van der Waals surface area contributed by atoms with E-state index in [-0.39, 0.29) is 24.6 Å². The second kappa shape index (κ2) is 7.30. The molecule has 0 radical (unpaired) electrons. The third-order valence-corrected chi connectivity index (χ3v) is 5.12. The lowest BCUT2D eigenvalue weighted by atomic mass is 10.0. The summed E-state index contributed by atoms with van der Waals surface area (Å²) in [6.45, 7) is 8.81. The second-order valence-corrected chi connectivity index (χ2v) is 7.63. The average molecular weight is 355 g/mol. The van der Waals surface area contributed by atoms with Gasteiger partial charge in [0.2, 0.25) is 0 Å². The molecule has 2 saturated heterocycles. The van der Waals surface area contributed by atoms with E-state index >= 15 is 0 Å². The van der Waals surface area contributed by atoms with E-state index in [1.807, 2.05) is 38.1 Å². The van der Waals surface area contributed by atoms with Crippen LogP contribution in [-0.4, -0.2) is 30.4 Å². The Kier molecular flexibility index (Phi) is 5.52. The molecular formula is C19H27ClO4. The van der Waals surface area contributed by atoms with Crippen LogP contribution in [0.1, 0.15) is 46.1 Å². The van der Waals surface area contributed by atoms with Gasteiger partial charge in [0.25, 0.3) is 0 Å². The Labute approximate surface area is 149 Å². The van der Waals surface area contributed by atoms with E-state index in [1.54, 1.807) is 0 Å². The molecule has 3 rings (SSSR count). The van der Waals surface area contributed by atoms with Crippen LogP contribution in [0.3, 0.4) is 0 Å². The largest absolute Gasteiger partial charge is 0.368 e. The highest BCUT2D eigenvalue weighted by Crippen LogP contribution is 2.42. The molecule has 134 valence electrons. The lowest BCUT2D eigenvalue weighted by Crippen LogP contribution is -2.38. The Balaban J connectivity index is 1.72. The Hall–Kier alpha value is -0.650. The summed E-state index contributed by atoms with van der Waals surface area (Å²) in [7, 11) is 0. The van der Waals surface area contributed by atoms with Gasteiger partial charge in [-0.05, 0) is 37.3 Å². The molecular weight excluding hydrogens is 328 g/mol. The summed E-state index contributed by atoms with van der Waals surface area (Å²) >= 11 is 6.24. The number of benzene rings is 1. The van der Waals surface area contributed by atoms with Crippen molar-refractivity contribution in [1.82, 2.24) is 0 Å². The van der Waals surface area contributed by atoms with Crippen molar-refractivity contribution in [3.63, 3.8) is 0 Å². The van der Waals surface area contributed by atoms with Crippen molar-refractivity contribution in [2.75, 3.05) is 0 Å². The number of halogens is 1. The summed E-state index contributed by atoms with van der Waals surface area (Å²) in [6, 6.07) is 7.74. The maximum Gasteiger partial charge on any atom is 0.190 e. The molecule has 2 fully saturated rings. The molecule has 2 aliphatic rings. The van der Waals surface area contributed by atoms with Crippen LogP contribution in [0.2, 0.25) is 5.02 Å². The fraction of sp³-hybridized carbons (Fsp3) is 0.684. The summed E-state index contributed by atoms with van der Waals surface area (Å²) in [6.07, 6.45) is 0.965. The summed E-state index contributed by atoms with van der Waals surface area (Å²) in [5, 5.41) is 0.718. The zero-order chi connectivity index (χ0) is 17.3. The molecule has 1 aromatic carbocycles. The Morgan fingerprint density at radius 1 is 1.25 bits per heavy atom. The summed E-state index contributed by atoms with van der Waals surface area (Å²) < 4.78 is 24.5. The van der Waals surface area contributed by atoms with Crippen LogP contribution in [0.25, 0.3) is 0 Å². The van der Waals surface area contributed by atoms with Crippen LogP contribution in [0.4, 0.5) is 0 Å². The quantitative estimate of drug-likeness (QED) is 0.751. The van der Waals surface area contributed by atoms with Crippen LogP contribution in [0.15, 0.2) is 24.3 Å². The standard InChI is InChI=1S/C19H27ClO4/c1-5-19(4)23-17-16(15(10-12(2)3)22-18(17)24-19)21-11-13-8-6-7-9-14(13)20/h6-9,12,15-18H,5,10-11H2,1-4H3/t15-,16+,17-,18-,19?/m1/s1. The topological polar surface area (TPSA) is 36.9 Å². The van der Waals surface area contributed by atoms with Crippen LogP contribution in [0, 0.1) is 5.92 Å². The Morgan fingerprint density at radius 3 is 2.67 bits per heavy atom. The number of hydrogen-bond donors (Lipinski definition) is 0. The van der Waals surface area contributed by atoms with Gasteiger partial charge >= 0.3 is 0 Å². The zero-order valence-corrected chi connectivity index (χ0v) is 15.6. The first kappa shape index (κ1) is 18.2. The van der Waals surface area contributed by atoms with Gasteiger partial charge < -0.3 is 18.9 Å². The maximum atomic E-state index is 6.24. The van der Waals surface area contributed by atoms with Gasteiger partial charge in [-0.3, -0.25) is 0 Å². The van der Waals surface area contributed by atoms with E-state index in [1.165, 1.54) is 0 Å². The molecule has 24 heavy (non-hydrogen) atoms. The number of rotatable bonds is 6. The number of fused-ring (bicyclic) bond motifs is 1. The number of hydrogen-bond acceptors (Lipinski definition) is 4. The molecule has 4 nitrogen and oxygen atoms in total. The molecule has 2 aliphatic heterocycles. The Morgan fingerprint density at radius 2 is 2.00 bits per heavy atom. The summed E-state index contributed by atoms with van der Waals surface area (Å²) in [5.41, 5.74) is 0.975. The van der Waals surface area contributed by atoms with Gasteiger partial charge in [0.15, 0.2) is 12.1 Å². The van der Waals surface area contributed by atoms with Crippen LogP contribution in [0.5, 0.6) is 0 Å². The van der Waals surface area contributed by atoms with Gasteiger partial charge in [-0.1, -0.05) is 50.6 Å². The van der Waals surface area contributed by atoms with E-state index < -0.39 is 5.79 Å². The van der Waals surface area contributed by atoms with Gasteiger partial charge in [0.1, 0.15) is 12.2 Å². The van der Waals surface area contributed by atoms with E-state index in [9.17, 15) is 0 Å². The normalized spacial score (nSPS) is 35.6. The first-order valence-electron chi connectivity index (χ1n) is 8.78. The van der Waals surface area contributed by atoms with Crippen molar-refractivity contribution in [2.45, 2.75) is 77.5 Å². The fourth-order valence-corrected chi connectivity index (χ4v) is 3.49. The fourth-order valence-electron chi connectivity index (χ4n) is 3.30. The van der Waals surface area contributed by atoms with Crippen LogP contribution >= 0.6 is 11.6 Å². The van der Waals surface area contributed by atoms with Crippen molar-refractivity contribution in [1.29, 1.82) is 0 Å². The molecule has 1 unspecified atom stereocenters. The molecule has 5 heteroatoms. The third-order valence-electron chi connectivity index (χ3n) is 4.75. The molecule has 0 aliphatic carbocycles. The lowest BCUT2D eigenvalue weighted by Gasteiger charge is -2.28. The van der Waals surface area contributed by atoms with Crippen molar-refractivity contribution in [2.24, 2.45) is 5.92 Å². The van der Waals surface area contributed by atoms with Gasteiger partial charge in [0.05, 0.1) is 12.7 Å². The van der Waals surface area contributed by atoms with E-state index in [4.69, 9.17) is 30.5 Å². The Bertz CT molecular complexity index is 564. The minimum absolute atomic E-state index is 0.0242. The predicted octanol–water partition coefficient (Wildman–Crippen LogP) is 4.54. The van der Waals surface area contributed by atoms with Crippen molar-refractivity contribution < 1.29 is 18.9 Å². The summed E-state index contributed by atoms with van der Waals surface area (Å²) in [5.74, 6) is -0.0813. The van der Waals surface area contributed by atoms with Gasteiger partial charge in [-0.2, -0.15) is 0 Å². The van der Waals surface area contributed by atoms with Gasteiger partial charge in [-0.25, -0.2) is 0 Å². The highest BCUT2D eigenvalue weighted by molar-refractivity contribution is 6.31. The first-order valence-corrected chi connectivity index (χ1v) is 9.16. The lowest BCUT2D eigenvalue weighted by molar-refractivity contribution is -0.230. The monoisotopic (exact) mass is 354 g/mol. The minimum Gasteiger partial charge on any atom is -0.368 e. The maximum absolute atomic E-state index is 6.24. The molecule has 2 heterocycles. The zero-order valence-electron chi connectivity index (χ0n) is 14.8. The molecule has 0 aromatic heterocycles. The average Bonchev–Trinajstić information content (AvgIpc) is 3.00. The molecule has 0 N–H and O–H groups in total. The van der Waals surface area contributed by atoms with Gasteiger partial charge in [0, 0.05) is 5.02 Å². The third kappa shape index (κ3) is 3.78. The van der Waals surface area contributed by atoms with E-state index in [2.05, 4.69) is 13.8 Å². The molecule has 0 amide bonds. The SMILES string of the molecule is CCC1(C)O[C@H]2O[C@H](CC(C)C)[C@H](OCc3ccccc3Cl)[C@H]2O1. The molecule has 0 saturated carbocycles. The van der Waals surface area contributed by atoms with Crippen molar-refractivity contribution in [3.8, 4) is 0 Å². The highest BCUT2D eigenvalue weighted by Gasteiger charge is 2.56. The minimum atomic E-state index is -0.593. The molecule has 1 aromatic rings. The number of ether oxygens (including phenoxy) is 4. The second-order valence-electron chi connectivity index (χ2n) is 7.23. The van der Waals surface area contributed by atoms with E-state index in [0.29, 0.717) is 12.5 Å². The van der Waals surface area contributed by atoms with Crippen molar-refractivity contribution in [3.05, 3.63) is 34.9 Å². The smallest absolute Gasteiger partial charge is 0.190 e. The molecule has 0 bridgehead atoms. The van der Waals surface area contributed by atoms with Crippen LogP contribution in [-0.2, 0) is 25.6 Å². The van der Waals surface area contributed by atoms with Crippen molar-refractivity contribution >= 4 is 11.6 Å². The predicted molar refractivity (Wildman–Crippen MR) is 92.8 cm³/mol. The van der Waals surface area contributed by atoms with E-state index in [0.717, 1.165) is 23.4 Å². The molecule has 0 spiro atoms. The van der Waals surface area contributed by atoms with Gasteiger partial charge in [-0.15, -0.1) is 0 Å². The van der Waals surface area contributed by atoms with Crippen LogP contribution < -0.4 is 0 Å². The first-order chi connectivity index (χ1) is 11.4. The highest BCUT2D eigenvalue weighted by atomic mass is 35.5. The molecule has 5 atom stereocenters.